The van der Waals surface area contributed by atoms with Crippen molar-refractivity contribution in [1.82, 2.24) is 9.80 Å². The molecule has 2 aromatic rings. The van der Waals surface area contributed by atoms with E-state index in [0.29, 0.717) is 30.8 Å². The second kappa shape index (κ2) is 8.24. The van der Waals surface area contributed by atoms with Crippen LogP contribution in [0.3, 0.4) is 0 Å². The van der Waals surface area contributed by atoms with Gasteiger partial charge in [0.05, 0.1) is 6.67 Å². The van der Waals surface area contributed by atoms with Crippen molar-refractivity contribution in [2.45, 2.75) is 38.5 Å². The monoisotopic (exact) mass is 356 g/mol. The third kappa shape index (κ3) is 4.77. The molecule has 0 aliphatic carbocycles. The molecule has 1 amide bonds. The van der Waals surface area contributed by atoms with E-state index in [0.717, 1.165) is 19.5 Å². The van der Waals surface area contributed by atoms with Crippen LogP contribution in [0.15, 0.2) is 42.5 Å². The fourth-order valence-electron chi connectivity index (χ4n) is 3.51. The minimum Gasteiger partial charge on any atom is -0.325 e. The van der Waals surface area contributed by atoms with Crippen LogP contribution >= 0.6 is 12.6 Å². The maximum Gasteiger partial charge on any atom is 0.224 e. The van der Waals surface area contributed by atoms with Crippen molar-refractivity contribution in [2.24, 2.45) is 5.92 Å². The van der Waals surface area contributed by atoms with E-state index in [1.165, 1.54) is 16.3 Å². The van der Waals surface area contributed by atoms with Crippen LogP contribution < -0.4 is 0 Å². The van der Waals surface area contributed by atoms with E-state index in [-0.39, 0.29) is 5.91 Å². The van der Waals surface area contributed by atoms with Gasteiger partial charge in [-0.3, -0.25) is 9.69 Å². The summed E-state index contributed by atoms with van der Waals surface area (Å²) in [6.07, 6.45) is 1.70. The molecule has 1 aliphatic heterocycles. The number of thiol groups is 1. The topological polar surface area (TPSA) is 23.6 Å². The standard InChI is InChI=1S/C21H28N2OS/c1-16(2)12-21(24)23(15-22-11-10-19(25)14-22)13-18-8-5-7-17-6-3-4-9-20(17)18/h3-9,16,19,25H,10-15H2,1-2H3/t19-/m0/s1. The van der Waals surface area contributed by atoms with E-state index in [1.807, 2.05) is 4.90 Å². The minimum atomic E-state index is 0.241. The normalized spacial score (nSPS) is 18.2. The smallest absolute Gasteiger partial charge is 0.224 e. The highest BCUT2D eigenvalue weighted by atomic mass is 32.1. The number of carbonyl (C=O) groups excluding carboxylic acids is 1. The maximum absolute atomic E-state index is 12.8. The number of benzene rings is 2. The number of rotatable bonds is 6. The second-order valence-corrected chi connectivity index (χ2v) is 8.22. The molecule has 4 heteroatoms. The molecular weight excluding hydrogens is 328 g/mol. The van der Waals surface area contributed by atoms with Crippen LogP contribution in [0.2, 0.25) is 0 Å². The van der Waals surface area contributed by atoms with Gasteiger partial charge in [-0.1, -0.05) is 56.3 Å². The molecule has 0 bridgehead atoms. The van der Waals surface area contributed by atoms with Crippen LogP contribution in [0.1, 0.15) is 32.3 Å². The SMILES string of the molecule is CC(C)CC(=O)N(Cc1cccc2ccccc12)CN1CC[C@H](S)C1. The third-order valence-electron chi connectivity index (χ3n) is 4.79. The van der Waals surface area contributed by atoms with Gasteiger partial charge in [-0.15, -0.1) is 0 Å². The summed E-state index contributed by atoms with van der Waals surface area (Å²) >= 11 is 4.58. The summed E-state index contributed by atoms with van der Waals surface area (Å²) in [5, 5.41) is 2.90. The number of fused-ring (bicyclic) bond motifs is 1. The lowest BCUT2D eigenvalue weighted by Crippen LogP contribution is -2.40. The summed E-state index contributed by atoms with van der Waals surface area (Å²) in [7, 11) is 0. The summed E-state index contributed by atoms with van der Waals surface area (Å²) in [4.78, 5) is 17.2. The first kappa shape index (κ1) is 18.3. The summed E-state index contributed by atoms with van der Waals surface area (Å²) < 4.78 is 0. The molecule has 2 aromatic carbocycles. The largest absolute Gasteiger partial charge is 0.325 e. The molecule has 25 heavy (non-hydrogen) atoms. The van der Waals surface area contributed by atoms with Crippen LogP contribution in [0.25, 0.3) is 10.8 Å². The molecule has 0 aromatic heterocycles. The van der Waals surface area contributed by atoms with E-state index in [1.54, 1.807) is 0 Å². The predicted molar refractivity (Wildman–Crippen MR) is 108 cm³/mol. The van der Waals surface area contributed by atoms with Gasteiger partial charge in [-0.25, -0.2) is 0 Å². The van der Waals surface area contributed by atoms with Crippen molar-refractivity contribution in [1.29, 1.82) is 0 Å². The first-order valence-corrected chi connectivity index (χ1v) is 9.69. The number of amides is 1. The highest BCUT2D eigenvalue weighted by Gasteiger charge is 2.24. The Morgan fingerprint density at radius 3 is 2.72 bits per heavy atom. The van der Waals surface area contributed by atoms with Gasteiger partial charge >= 0.3 is 0 Å². The first-order chi connectivity index (χ1) is 12.0. The average molecular weight is 357 g/mol. The van der Waals surface area contributed by atoms with Gasteiger partial charge in [-0.05, 0) is 28.7 Å². The zero-order chi connectivity index (χ0) is 17.8. The van der Waals surface area contributed by atoms with E-state index in [2.05, 4.69) is 73.8 Å². The Balaban J connectivity index is 1.81. The molecule has 0 N–H and O–H groups in total. The van der Waals surface area contributed by atoms with Crippen molar-refractivity contribution in [3.05, 3.63) is 48.0 Å². The summed E-state index contributed by atoms with van der Waals surface area (Å²) in [6, 6.07) is 14.8. The van der Waals surface area contributed by atoms with Crippen LogP contribution in [0.5, 0.6) is 0 Å². The van der Waals surface area contributed by atoms with Crippen molar-refractivity contribution in [3.63, 3.8) is 0 Å². The molecule has 1 heterocycles. The molecule has 0 unspecified atom stereocenters. The number of carbonyl (C=O) groups is 1. The maximum atomic E-state index is 12.8. The molecule has 3 rings (SSSR count). The van der Waals surface area contributed by atoms with Crippen molar-refractivity contribution in [2.75, 3.05) is 19.8 Å². The zero-order valence-electron chi connectivity index (χ0n) is 15.2. The number of hydrogen-bond donors (Lipinski definition) is 1. The fourth-order valence-corrected chi connectivity index (χ4v) is 3.86. The van der Waals surface area contributed by atoms with Crippen molar-refractivity contribution < 1.29 is 4.79 Å². The van der Waals surface area contributed by atoms with Gasteiger partial charge in [0.15, 0.2) is 0 Å². The molecule has 1 aliphatic rings. The molecule has 1 atom stereocenters. The Bertz CT molecular complexity index is 725. The van der Waals surface area contributed by atoms with Gasteiger partial charge in [0.1, 0.15) is 0 Å². The Hall–Kier alpha value is -1.52. The lowest BCUT2D eigenvalue weighted by atomic mass is 10.0. The summed E-state index contributed by atoms with van der Waals surface area (Å²) in [5.74, 6) is 0.615. The number of nitrogens with zero attached hydrogens (tertiary/aromatic N) is 2. The van der Waals surface area contributed by atoms with Crippen LogP contribution in [-0.2, 0) is 11.3 Å². The van der Waals surface area contributed by atoms with Gasteiger partial charge < -0.3 is 4.90 Å². The molecule has 0 spiro atoms. The second-order valence-electron chi connectivity index (χ2n) is 7.49. The lowest BCUT2D eigenvalue weighted by molar-refractivity contribution is -0.134. The van der Waals surface area contributed by atoms with Crippen LogP contribution in [-0.4, -0.2) is 40.7 Å². The molecule has 0 radical (unpaired) electrons. The molecule has 3 nitrogen and oxygen atoms in total. The molecule has 1 fully saturated rings. The first-order valence-electron chi connectivity index (χ1n) is 9.17. The summed E-state index contributed by atoms with van der Waals surface area (Å²) in [6.45, 7) is 7.56. The van der Waals surface area contributed by atoms with E-state index in [9.17, 15) is 4.79 Å². The predicted octanol–water partition coefficient (Wildman–Crippen LogP) is 4.18. The van der Waals surface area contributed by atoms with E-state index >= 15 is 0 Å². The third-order valence-corrected chi connectivity index (χ3v) is 5.22. The number of hydrogen-bond acceptors (Lipinski definition) is 3. The Labute approximate surface area is 156 Å². The summed E-state index contributed by atoms with van der Waals surface area (Å²) in [5.41, 5.74) is 1.22. The molecule has 134 valence electrons. The lowest BCUT2D eigenvalue weighted by Gasteiger charge is -2.29. The fraction of sp³-hybridized carbons (Fsp3) is 0.476. The zero-order valence-corrected chi connectivity index (χ0v) is 16.1. The Kier molecular flexibility index (Phi) is 6.02. The van der Waals surface area contributed by atoms with E-state index < -0.39 is 0 Å². The average Bonchev–Trinajstić information content (AvgIpc) is 2.99. The minimum absolute atomic E-state index is 0.241. The molecule has 1 saturated heterocycles. The number of likely N-dealkylation sites (tertiary alicyclic amines) is 1. The van der Waals surface area contributed by atoms with Crippen molar-refractivity contribution in [3.8, 4) is 0 Å². The van der Waals surface area contributed by atoms with Crippen LogP contribution in [0, 0.1) is 5.92 Å². The van der Waals surface area contributed by atoms with Gasteiger partial charge in [0, 0.05) is 31.3 Å². The van der Waals surface area contributed by atoms with E-state index in [4.69, 9.17) is 0 Å². The molecular formula is C21H28N2OS. The Morgan fingerprint density at radius 1 is 1.24 bits per heavy atom. The van der Waals surface area contributed by atoms with Crippen LogP contribution in [0.4, 0.5) is 0 Å². The quantitative estimate of drug-likeness (QED) is 0.785. The highest BCUT2D eigenvalue weighted by molar-refractivity contribution is 7.81. The molecule has 0 saturated carbocycles. The van der Waals surface area contributed by atoms with Gasteiger partial charge in [0.25, 0.3) is 0 Å². The highest BCUT2D eigenvalue weighted by Crippen LogP contribution is 2.22. The Morgan fingerprint density at radius 2 is 2.00 bits per heavy atom. The van der Waals surface area contributed by atoms with Gasteiger partial charge in [0.2, 0.25) is 5.91 Å². The van der Waals surface area contributed by atoms with Crippen molar-refractivity contribution >= 4 is 29.3 Å². The van der Waals surface area contributed by atoms with Gasteiger partial charge in [-0.2, -0.15) is 12.6 Å².